The number of rotatable bonds is 5. The van der Waals surface area contributed by atoms with Crippen LogP contribution in [0.5, 0.6) is 0 Å². The number of piperidine rings is 1. The van der Waals surface area contributed by atoms with E-state index in [-0.39, 0.29) is 18.3 Å². The molecule has 1 aromatic carbocycles. The molecule has 1 saturated heterocycles. The van der Waals surface area contributed by atoms with Crippen LogP contribution in [0.15, 0.2) is 18.2 Å². The summed E-state index contributed by atoms with van der Waals surface area (Å²) in [7, 11) is -3.58. The predicted molar refractivity (Wildman–Crippen MR) is 108 cm³/mol. The van der Waals surface area contributed by atoms with Gasteiger partial charge in [-0.25, -0.2) is 17.9 Å². The molecule has 0 radical (unpaired) electrons. The molecule has 1 N–H and O–H groups in total. The molecule has 9 heteroatoms. The molecular weight excluding hydrogens is 411 g/mol. The Morgan fingerprint density at radius 2 is 1.96 bits per heavy atom. The smallest absolute Gasteiger partial charge is 0.410 e. The van der Waals surface area contributed by atoms with Crippen molar-refractivity contribution in [3.8, 4) is 0 Å². The molecule has 0 bridgehead atoms. The summed E-state index contributed by atoms with van der Waals surface area (Å²) < 4.78 is 32.9. The monoisotopic (exact) mass is 436 g/mol. The number of halogens is 2. The van der Waals surface area contributed by atoms with Crippen LogP contribution in [0.4, 0.5) is 4.79 Å². The largest absolute Gasteiger partial charge is 0.444 e. The van der Waals surface area contributed by atoms with Crippen LogP contribution >= 0.6 is 23.2 Å². The third-order valence-corrected chi connectivity index (χ3v) is 6.19. The zero-order chi connectivity index (χ0) is 20.2. The number of nitrogens with zero attached hydrogens (tertiary/aromatic N) is 1. The topological polar surface area (TPSA) is 75.7 Å². The summed E-state index contributed by atoms with van der Waals surface area (Å²) in [4.78, 5) is 14.0. The predicted octanol–water partition coefficient (Wildman–Crippen LogP) is 4.20. The van der Waals surface area contributed by atoms with Crippen molar-refractivity contribution in [2.75, 3.05) is 13.1 Å². The number of hydrogen-bond acceptors (Lipinski definition) is 4. The molecule has 0 aliphatic carbocycles. The molecule has 27 heavy (non-hydrogen) atoms. The van der Waals surface area contributed by atoms with Crippen molar-refractivity contribution in [1.82, 2.24) is 9.62 Å². The van der Waals surface area contributed by atoms with Crippen molar-refractivity contribution in [3.63, 3.8) is 0 Å². The van der Waals surface area contributed by atoms with Gasteiger partial charge in [-0.15, -0.1) is 0 Å². The highest BCUT2D eigenvalue weighted by atomic mass is 35.5. The number of carbonyl (C=O) groups is 1. The summed E-state index contributed by atoms with van der Waals surface area (Å²) in [5.74, 6) is -0.205. The number of ether oxygens (including phenoxy) is 1. The molecule has 1 aliphatic heterocycles. The van der Waals surface area contributed by atoms with Gasteiger partial charge in [-0.2, -0.15) is 0 Å². The molecule has 0 spiro atoms. The van der Waals surface area contributed by atoms with Crippen molar-refractivity contribution in [2.24, 2.45) is 0 Å². The van der Waals surface area contributed by atoms with Crippen molar-refractivity contribution < 1.29 is 17.9 Å². The Kier molecular flexibility index (Phi) is 7.41. The summed E-state index contributed by atoms with van der Waals surface area (Å²) in [5, 5.41) is 0.689. The van der Waals surface area contributed by atoms with Gasteiger partial charge < -0.3 is 9.64 Å². The van der Waals surface area contributed by atoms with Gasteiger partial charge in [-0.05, 0) is 57.7 Å². The fourth-order valence-corrected chi connectivity index (χ4v) is 4.38. The first-order valence-electron chi connectivity index (χ1n) is 8.88. The average Bonchev–Trinajstić information content (AvgIpc) is 2.55. The second-order valence-electron chi connectivity index (χ2n) is 7.68. The Morgan fingerprint density at radius 3 is 2.59 bits per heavy atom. The first kappa shape index (κ1) is 22.3. The lowest BCUT2D eigenvalue weighted by Crippen LogP contribution is -2.50. The van der Waals surface area contributed by atoms with Crippen LogP contribution in [0.1, 0.15) is 45.6 Å². The Labute approximate surface area is 171 Å². The van der Waals surface area contributed by atoms with E-state index >= 15 is 0 Å². The van der Waals surface area contributed by atoms with Crippen LogP contribution in [0, 0.1) is 0 Å². The minimum atomic E-state index is -3.58. The minimum Gasteiger partial charge on any atom is -0.444 e. The molecule has 1 aliphatic rings. The lowest BCUT2D eigenvalue weighted by atomic mass is 10.0. The quantitative estimate of drug-likeness (QED) is 0.749. The van der Waals surface area contributed by atoms with Gasteiger partial charge in [0.2, 0.25) is 10.0 Å². The van der Waals surface area contributed by atoms with Gasteiger partial charge in [0.15, 0.2) is 0 Å². The van der Waals surface area contributed by atoms with Crippen molar-refractivity contribution >= 4 is 39.3 Å². The molecule has 1 aromatic rings. The molecule has 6 nitrogen and oxygen atoms in total. The number of carbonyl (C=O) groups excluding carboxylic acids is 1. The Balaban J connectivity index is 1.99. The molecule has 1 unspecified atom stereocenters. The summed E-state index contributed by atoms with van der Waals surface area (Å²) in [6.45, 7) is 6.15. The van der Waals surface area contributed by atoms with E-state index in [4.69, 9.17) is 27.9 Å². The standard InChI is InChI=1S/C18H26Cl2N2O4S/c1-18(2,3)26-17(23)22-9-5-4-6-14(22)11-21-27(24,25)12-13-7-8-15(19)16(20)10-13/h7-8,10,14,21H,4-6,9,11-12H2,1-3H3. The third kappa shape index (κ3) is 7.14. The van der Waals surface area contributed by atoms with E-state index in [2.05, 4.69) is 4.72 Å². The molecule has 1 fully saturated rings. The second-order valence-corrected chi connectivity index (χ2v) is 10.3. The SMILES string of the molecule is CC(C)(C)OC(=O)N1CCCCC1CNS(=O)(=O)Cc1ccc(Cl)c(Cl)c1. The van der Waals surface area contributed by atoms with E-state index < -0.39 is 21.7 Å². The number of amides is 1. The van der Waals surface area contributed by atoms with Gasteiger partial charge in [-0.1, -0.05) is 29.3 Å². The highest BCUT2D eigenvalue weighted by Crippen LogP contribution is 2.24. The van der Waals surface area contributed by atoms with Crippen LogP contribution in [-0.4, -0.2) is 44.1 Å². The van der Waals surface area contributed by atoms with Crippen LogP contribution in [-0.2, 0) is 20.5 Å². The van der Waals surface area contributed by atoms with Crippen LogP contribution in [0.25, 0.3) is 0 Å². The molecule has 2 rings (SSSR count). The molecule has 1 amide bonds. The summed E-state index contributed by atoms with van der Waals surface area (Å²) in [6, 6.07) is 4.51. The maximum Gasteiger partial charge on any atom is 0.410 e. The summed E-state index contributed by atoms with van der Waals surface area (Å²) in [6.07, 6.45) is 2.15. The van der Waals surface area contributed by atoms with Crippen LogP contribution < -0.4 is 4.72 Å². The minimum absolute atomic E-state index is 0.156. The number of nitrogens with one attached hydrogen (secondary N) is 1. The van der Waals surface area contributed by atoms with Gasteiger partial charge in [0, 0.05) is 19.1 Å². The van der Waals surface area contributed by atoms with Crippen molar-refractivity contribution in [1.29, 1.82) is 0 Å². The van der Waals surface area contributed by atoms with E-state index in [0.29, 0.717) is 22.2 Å². The molecular formula is C18H26Cl2N2O4S. The first-order chi connectivity index (χ1) is 12.5. The number of likely N-dealkylation sites (tertiary alicyclic amines) is 1. The van der Waals surface area contributed by atoms with Gasteiger partial charge in [0.25, 0.3) is 0 Å². The Morgan fingerprint density at radius 1 is 1.26 bits per heavy atom. The second kappa shape index (κ2) is 8.99. The lowest BCUT2D eigenvalue weighted by Gasteiger charge is -2.36. The normalized spacial score (nSPS) is 18.4. The van der Waals surface area contributed by atoms with E-state index in [9.17, 15) is 13.2 Å². The van der Waals surface area contributed by atoms with Gasteiger partial charge in [-0.3, -0.25) is 0 Å². The summed E-state index contributed by atoms with van der Waals surface area (Å²) in [5.41, 5.74) is -0.0450. The molecule has 1 atom stereocenters. The van der Waals surface area contributed by atoms with Crippen molar-refractivity contribution in [3.05, 3.63) is 33.8 Å². The van der Waals surface area contributed by atoms with Gasteiger partial charge >= 0.3 is 6.09 Å². The van der Waals surface area contributed by atoms with Crippen LogP contribution in [0.2, 0.25) is 10.0 Å². The third-order valence-electron chi connectivity index (χ3n) is 4.13. The number of sulfonamides is 1. The maximum atomic E-state index is 12.4. The van der Waals surface area contributed by atoms with Gasteiger partial charge in [0.1, 0.15) is 5.60 Å². The highest BCUT2D eigenvalue weighted by Gasteiger charge is 2.31. The zero-order valence-corrected chi connectivity index (χ0v) is 18.1. The molecule has 1 heterocycles. The molecule has 0 saturated carbocycles. The van der Waals surface area contributed by atoms with Crippen LogP contribution in [0.3, 0.4) is 0 Å². The summed E-state index contributed by atoms with van der Waals surface area (Å²) >= 11 is 11.8. The lowest BCUT2D eigenvalue weighted by molar-refractivity contribution is 0.0105. The molecule has 0 aromatic heterocycles. The fraction of sp³-hybridized carbons (Fsp3) is 0.611. The zero-order valence-electron chi connectivity index (χ0n) is 15.8. The van der Waals surface area contributed by atoms with E-state index in [1.807, 2.05) is 20.8 Å². The number of hydrogen-bond donors (Lipinski definition) is 1. The van der Waals surface area contributed by atoms with E-state index in [0.717, 1.165) is 19.3 Å². The molecule has 152 valence electrons. The maximum absolute atomic E-state index is 12.4. The first-order valence-corrected chi connectivity index (χ1v) is 11.3. The number of benzene rings is 1. The average molecular weight is 437 g/mol. The fourth-order valence-electron chi connectivity index (χ4n) is 2.90. The van der Waals surface area contributed by atoms with E-state index in [1.165, 1.54) is 6.07 Å². The van der Waals surface area contributed by atoms with Gasteiger partial charge in [0.05, 0.1) is 15.8 Å². The Bertz CT molecular complexity index is 778. The Hall–Kier alpha value is -1.02. The van der Waals surface area contributed by atoms with Crippen molar-refractivity contribution in [2.45, 2.75) is 57.4 Å². The van der Waals surface area contributed by atoms with E-state index in [1.54, 1.807) is 17.0 Å². The highest BCUT2D eigenvalue weighted by molar-refractivity contribution is 7.88.